The molecular weight excluding hydrogens is 323 g/mol. The monoisotopic (exact) mass is 344 g/mol. The van der Waals surface area contributed by atoms with Crippen molar-refractivity contribution < 1.29 is 27.1 Å². The molecule has 1 atom stereocenters. The van der Waals surface area contributed by atoms with Crippen LogP contribution >= 0.6 is 0 Å². The number of sulfone groups is 1. The molecule has 0 saturated carbocycles. The Morgan fingerprint density at radius 1 is 1.26 bits per heavy atom. The van der Waals surface area contributed by atoms with E-state index in [0.29, 0.717) is 5.56 Å². The molecule has 0 aromatic heterocycles. The molecule has 0 N–H and O–H groups in total. The summed E-state index contributed by atoms with van der Waals surface area (Å²) >= 11 is 0. The van der Waals surface area contributed by atoms with Crippen LogP contribution in [0, 0.1) is 0 Å². The second-order valence-corrected chi connectivity index (χ2v) is 7.28. The van der Waals surface area contributed by atoms with E-state index in [4.69, 9.17) is 9.47 Å². The Bertz CT molecular complexity index is 646. The molecule has 0 fully saturated rings. The molecular formula is C16H21FO5S. The summed E-state index contributed by atoms with van der Waals surface area (Å²) in [6.45, 7) is 3.13. The zero-order chi connectivity index (χ0) is 17.5. The quantitative estimate of drug-likeness (QED) is 0.558. The van der Waals surface area contributed by atoms with E-state index in [1.165, 1.54) is 24.3 Å². The first-order valence-corrected chi connectivity index (χ1v) is 8.96. The molecule has 7 heteroatoms. The van der Waals surface area contributed by atoms with Gasteiger partial charge in [-0.05, 0) is 37.6 Å². The number of halogens is 1. The van der Waals surface area contributed by atoms with Gasteiger partial charge in [0.15, 0.2) is 9.84 Å². The normalized spacial score (nSPS) is 12.3. The highest BCUT2D eigenvalue weighted by Gasteiger charge is 2.18. The van der Waals surface area contributed by atoms with Crippen molar-refractivity contribution >= 4 is 16.0 Å². The Morgan fingerprint density at radius 2 is 1.87 bits per heavy atom. The minimum absolute atomic E-state index is 0.0318. The highest BCUT2D eigenvalue weighted by atomic mass is 32.2. The van der Waals surface area contributed by atoms with Gasteiger partial charge in [0.25, 0.3) is 0 Å². The number of carbonyl (C=O) groups excluding carboxylic acids is 1. The molecule has 1 aromatic carbocycles. The van der Waals surface area contributed by atoms with Crippen molar-refractivity contribution in [3.63, 3.8) is 0 Å². The number of benzene rings is 1. The number of hydrogen-bond donors (Lipinski definition) is 0. The maximum absolute atomic E-state index is 12.7. The molecule has 0 amide bonds. The van der Waals surface area contributed by atoms with Gasteiger partial charge in [-0.1, -0.05) is 17.7 Å². The third-order valence-corrected chi connectivity index (χ3v) is 4.11. The van der Waals surface area contributed by atoms with Gasteiger partial charge in [0.1, 0.15) is 12.7 Å². The van der Waals surface area contributed by atoms with Crippen molar-refractivity contribution in [1.29, 1.82) is 0 Å². The molecule has 0 spiro atoms. The fourth-order valence-corrected chi connectivity index (χ4v) is 2.38. The van der Waals surface area contributed by atoms with Gasteiger partial charge in [-0.25, -0.2) is 13.2 Å². The van der Waals surface area contributed by atoms with Gasteiger partial charge in [-0.2, -0.15) is 0 Å². The number of allylic oxidation sites excluding steroid dienone is 1. The van der Waals surface area contributed by atoms with Crippen molar-refractivity contribution in [2.75, 3.05) is 19.5 Å². The minimum atomic E-state index is -3.31. The molecule has 128 valence electrons. The van der Waals surface area contributed by atoms with Crippen molar-refractivity contribution in [3.05, 3.63) is 41.5 Å². The average Bonchev–Trinajstić information content (AvgIpc) is 2.45. The molecule has 0 radical (unpaired) electrons. The Labute approximate surface area is 136 Å². The predicted molar refractivity (Wildman–Crippen MR) is 84.7 cm³/mol. The van der Waals surface area contributed by atoms with E-state index in [0.717, 1.165) is 11.8 Å². The lowest BCUT2D eigenvalue weighted by Crippen LogP contribution is -2.14. The van der Waals surface area contributed by atoms with Gasteiger partial charge in [0, 0.05) is 12.7 Å². The maximum Gasteiger partial charge on any atom is 0.509 e. The van der Waals surface area contributed by atoms with Crippen LogP contribution in [0.4, 0.5) is 9.18 Å². The second kappa shape index (κ2) is 8.67. The third-order valence-electron chi connectivity index (χ3n) is 2.98. The molecule has 0 saturated heterocycles. The molecule has 1 unspecified atom stereocenters. The smallest absolute Gasteiger partial charge is 0.430 e. The summed E-state index contributed by atoms with van der Waals surface area (Å²) < 4.78 is 45.5. The number of ether oxygens (including phenoxy) is 2. The van der Waals surface area contributed by atoms with Crippen molar-refractivity contribution in [2.24, 2.45) is 0 Å². The van der Waals surface area contributed by atoms with Crippen LogP contribution in [0.5, 0.6) is 0 Å². The number of alkyl halides is 1. The summed E-state index contributed by atoms with van der Waals surface area (Å²) in [5, 5.41) is 0. The standard InChI is InChI=1S/C16H21FO5S/c1-12(2)9-11-21-16(18)22-15(8-10-17)13-4-6-14(7-5-13)23(3,19)20/h4-7,9,15H,8,10-11H2,1-3H3. The summed E-state index contributed by atoms with van der Waals surface area (Å²) in [4.78, 5) is 11.8. The molecule has 0 aliphatic rings. The van der Waals surface area contributed by atoms with Gasteiger partial charge in [-0.15, -0.1) is 0 Å². The lowest BCUT2D eigenvalue weighted by molar-refractivity contribution is 0.0236. The second-order valence-electron chi connectivity index (χ2n) is 5.27. The SMILES string of the molecule is CC(C)=CCOC(=O)OC(CCF)c1ccc(S(C)(=O)=O)cc1. The predicted octanol–water partition coefficient (Wildman–Crippen LogP) is 3.61. The van der Waals surface area contributed by atoms with Crippen molar-refractivity contribution in [3.8, 4) is 0 Å². The Balaban J connectivity index is 2.78. The molecule has 0 aliphatic heterocycles. The van der Waals surface area contributed by atoms with Crippen molar-refractivity contribution in [2.45, 2.75) is 31.3 Å². The number of hydrogen-bond acceptors (Lipinski definition) is 5. The van der Waals surface area contributed by atoms with Crippen molar-refractivity contribution in [1.82, 2.24) is 0 Å². The van der Waals surface area contributed by atoms with Crippen LogP contribution in [0.15, 0.2) is 40.8 Å². The fourth-order valence-electron chi connectivity index (χ4n) is 1.75. The lowest BCUT2D eigenvalue weighted by atomic mass is 10.1. The van der Waals surface area contributed by atoms with E-state index in [2.05, 4.69) is 0 Å². The zero-order valence-corrected chi connectivity index (χ0v) is 14.2. The van der Waals surface area contributed by atoms with Crippen LogP contribution < -0.4 is 0 Å². The molecule has 1 rings (SSSR count). The van der Waals surface area contributed by atoms with Gasteiger partial charge < -0.3 is 9.47 Å². The van der Waals surface area contributed by atoms with Crippen LogP contribution in [-0.4, -0.2) is 34.1 Å². The third kappa shape index (κ3) is 6.81. The van der Waals surface area contributed by atoms with Crippen LogP contribution in [0.2, 0.25) is 0 Å². The summed E-state index contributed by atoms with van der Waals surface area (Å²) in [7, 11) is -3.31. The number of rotatable bonds is 7. The summed E-state index contributed by atoms with van der Waals surface area (Å²) in [6, 6.07) is 5.79. The van der Waals surface area contributed by atoms with Crippen LogP contribution in [-0.2, 0) is 19.3 Å². The topological polar surface area (TPSA) is 69.7 Å². The van der Waals surface area contributed by atoms with E-state index in [1.807, 2.05) is 13.8 Å². The first-order chi connectivity index (χ1) is 10.7. The molecule has 5 nitrogen and oxygen atoms in total. The summed E-state index contributed by atoms with van der Waals surface area (Å²) in [5.74, 6) is 0. The van der Waals surface area contributed by atoms with Crippen LogP contribution in [0.25, 0.3) is 0 Å². The van der Waals surface area contributed by atoms with Crippen LogP contribution in [0.1, 0.15) is 31.9 Å². The summed E-state index contributed by atoms with van der Waals surface area (Å²) in [6.07, 6.45) is 1.06. The molecule has 0 bridgehead atoms. The van der Waals surface area contributed by atoms with Gasteiger partial charge in [0.2, 0.25) is 0 Å². The Kier molecular flexibility index (Phi) is 7.22. The highest BCUT2D eigenvalue weighted by molar-refractivity contribution is 7.90. The maximum atomic E-state index is 12.7. The van der Waals surface area contributed by atoms with Gasteiger partial charge in [0.05, 0.1) is 11.6 Å². The van der Waals surface area contributed by atoms with Crippen LogP contribution in [0.3, 0.4) is 0 Å². The van der Waals surface area contributed by atoms with E-state index in [9.17, 15) is 17.6 Å². The number of carbonyl (C=O) groups is 1. The molecule has 0 aliphatic carbocycles. The minimum Gasteiger partial charge on any atom is -0.430 e. The largest absolute Gasteiger partial charge is 0.509 e. The molecule has 23 heavy (non-hydrogen) atoms. The molecule has 1 aromatic rings. The van der Waals surface area contributed by atoms with Gasteiger partial charge >= 0.3 is 6.16 Å². The highest BCUT2D eigenvalue weighted by Crippen LogP contribution is 2.23. The zero-order valence-electron chi connectivity index (χ0n) is 13.4. The van der Waals surface area contributed by atoms with E-state index in [-0.39, 0.29) is 17.9 Å². The average molecular weight is 344 g/mol. The Morgan fingerprint density at radius 3 is 2.35 bits per heavy atom. The first-order valence-electron chi connectivity index (χ1n) is 7.06. The van der Waals surface area contributed by atoms with Gasteiger partial charge in [-0.3, -0.25) is 4.39 Å². The Hall–Kier alpha value is -1.89. The van der Waals surface area contributed by atoms with E-state index < -0.39 is 28.8 Å². The lowest BCUT2D eigenvalue weighted by Gasteiger charge is -2.16. The van der Waals surface area contributed by atoms with E-state index >= 15 is 0 Å². The fraction of sp³-hybridized carbons (Fsp3) is 0.438. The summed E-state index contributed by atoms with van der Waals surface area (Å²) in [5.41, 5.74) is 1.50. The molecule has 0 heterocycles. The first kappa shape index (κ1) is 19.2. The van der Waals surface area contributed by atoms with E-state index in [1.54, 1.807) is 6.08 Å².